The quantitative estimate of drug-likeness (QED) is 0.176. The first-order chi connectivity index (χ1) is 23.8. The van der Waals surface area contributed by atoms with Gasteiger partial charge in [-0.2, -0.15) is 0 Å². The van der Waals surface area contributed by atoms with Crippen LogP contribution >= 0.6 is 11.3 Å². The van der Waals surface area contributed by atoms with Crippen LogP contribution in [0.5, 0.6) is 0 Å². The van der Waals surface area contributed by atoms with Crippen molar-refractivity contribution in [2.45, 2.75) is 0 Å². The molecule has 9 aromatic carbocycles. The van der Waals surface area contributed by atoms with Gasteiger partial charge in [0, 0.05) is 37.2 Å². The molecule has 10 rings (SSSR count). The van der Waals surface area contributed by atoms with Crippen molar-refractivity contribution >= 4 is 91.7 Å². The molecule has 0 amide bonds. The molecule has 0 aliphatic carbocycles. The molecule has 0 aliphatic rings. The van der Waals surface area contributed by atoms with Crippen molar-refractivity contribution < 1.29 is 0 Å². The third-order valence-electron chi connectivity index (χ3n) is 9.80. The van der Waals surface area contributed by atoms with Crippen LogP contribution in [-0.2, 0) is 0 Å². The van der Waals surface area contributed by atoms with Crippen LogP contribution in [0.15, 0.2) is 176 Å². The Morgan fingerprint density at radius 1 is 0.333 bits per heavy atom. The van der Waals surface area contributed by atoms with Crippen molar-refractivity contribution in [1.29, 1.82) is 0 Å². The maximum absolute atomic E-state index is 2.41. The lowest BCUT2D eigenvalue weighted by Gasteiger charge is -2.26. The van der Waals surface area contributed by atoms with Gasteiger partial charge < -0.3 is 4.90 Å². The van der Waals surface area contributed by atoms with Gasteiger partial charge >= 0.3 is 0 Å². The van der Waals surface area contributed by atoms with Gasteiger partial charge in [0.25, 0.3) is 0 Å². The first kappa shape index (κ1) is 27.2. The fourth-order valence-electron chi connectivity index (χ4n) is 7.48. The predicted molar refractivity (Wildman–Crippen MR) is 209 cm³/mol. The number of anilines is 3. The van der Waals surface area contributed by atoms with Crippen molar-refractivity contribution in [1.82, 2.24) is 0 Å². The molecule has 0 atom stereocenters. The molecule has 0 fully saturated rings. The first-order valence-electron chi connectivity index (χ1n) is 16.4. The Kier molecular flexibility index (Phi) is 6.12. The van der Waals surface area contributed by atoms with Crippen molar-refractivity contribution in [3.8, 4) is 11.1 Å². The summed E-state index contributed by atoms with van der Waals surface area (Å²) in [5.74, 6) is 0. The average molecular weight is 628 g/mol. The van der Waals surface area contributed by atoms with Gasteiger partial charge in [-0.3, -0.25) is 0 Å². The zero-order chi connectivity index (χ0) is 31.6. The van der Waals surface area contributed by atoms with Crippen LogP contribution in [0, 0.1) is 0 Å². The highest BCUT2D eigenvalue weighted by atomic mass is 32.1. The van der Waals surface area contributed by atoms with Gasteiger partial charge in [0.05, 0.1) is 0 Å². The lowest BCUT2D eigenvalue weighted by atomic mass is 9.96. The number of rotatable bonds is 4. The lowest BCUT2D eigenvalue weighted by molar-refractivity contribution is 1.30. The van der Waals surface area contributed by atoms with E-state index in [0.29, 0.717) is 0 Å². The average Bonchev–Trinajstić information content (AvgIpc) is 3.54. The van der Waals surface area contributed by atoms with E-state index >= 15 is 0 Å². The molecule has 0 saturated carbocycles. The number of thiophene rings is 1. The molecule has 224 valence electrons. The molecule has 0 bridgehead atoms. The van der Waals surface area contributed by atoms with Gasteiger partial charge in [-0.1, -0.05) is 140 Å². The van der Waals surface area contributed by atoms with Gasteiger partial charge in [-0.25, -0.2) is 0 Å². The van der Waals surface area contributed by atoms with E-state index < -0.39 is 0 Å². The molecule has 2 heteroatoms. The Balaban J connectivity index is 1.17. The predicted octanol–water partition coefficient (Wildman–Crippen LogP) is 13.8. The molecule has 1 aromatic heterocycles. The van der Waals surface area contributed by atoms with Gasteiger partial charge in [0.15, 0.2) is 0 Å². The van der Waals surface area contributed by atoms with E-state index in [-0.39, 0.29) is 0 Å². The molecule has 0 spiro atoms. The summed E-state index contributed by atoms with van der Waals surface area (Å²) in [6, 6.07) is 64.5. The maximum Gasteiger partial charge on any atom is 0.0476 e. The molecule has 10 aromatic rings. The maximum atomic E-state index is 2.41. The Morgan fingerprint density at radius 2 is 0.875 bits per heavy atom. The monoisotopic (exact) mass is 627 g/mol. The Labute approximate surface area is 282 Å². The van der Waals surface area contributed by atoms with Crippen LogP contribution in [0.25, 0.3) is 74.4 Å². The highest BCUT2D eigenvalue weighted by Crippen LogP contribution is 2.44. The number of fused-ring (bicyclic) bond motifs is 10. The molecule has 0 aliphatic heterocycles. The summed E-state index contributed by atoms with van der Waals surface area (Å²) in [6.07, 6.45) is 0. The molecule has 1 nitrogen and oxygen atoms in total. The van der Waals surface area contributed by atoms with E-state index in [2.05, 4.69) is 181 Å². The topological polar surface area (TPSA) is 3.24 Å². The second kappa shape index (κ2) is 10.8. The summed E-state index contributed by atoms with van der Waals surface area (Å²) in [7, 11) is 0. The van der Waals surface area contributed by atoms with E-state index in [1.54, 1.807) is 0 Å². The van der Waals surface area contributed by atoms with Gasteiger partial charge in [0.2, 0.25) is 0 Å². The summed E-state index contributed by atoms with van der Waals surface area (Å²) in [5, 5.41) is 12.9. The van der Waals surface area contributed by atoms with Crippen molar-refractivity contribution in [2.24, 2.45) is 0 Å². The smallest absolute Gasteiger partial charge is 0.0476 e. The normalized spacial score (nSPS) is 11.8. The largest absolute Gasteiger partial charge is 0.310 e. The lowest BCUT2D eigenvalue weighted by Crippen LogP contribution is -2.09. The van der Waals surface area contributed by atoms with Crippen molar-refractivity contribution in [3.05, 3.63) is 176 Å². The number of hydrogen-bond acceptors (Lipinski definition) is 2. The summed E-state index contributed by atoms with van der Waals surface area (Å²) in [4.78, 5) is 2.41. The summed E-state index contributed by atoms with van der Waals surface area (Å²) in [5.41, 5.74) is 5.85. The van der Waals surface area contributed by atoms with Crippen LogP contribution in [0.3, 0.4) is 0 Å². The summed E-state index contributed by atoms with van der Waals surface area (Å²) >= 11 is 1.89. The van der Waals surface area contributed by atoms with Gasteiger partial charge in [0.1, 0.15) is 0 Å². The minimum atomic E-state index is 1.13. The van der Waals surface area contributed by atoms with E-state index in [4.69, 9.17) is 0 Å². The Bertz CT molecular complexity index is 2830. The van der Waals surface area contributed by atoms with Crippen LogP contribution in [0.4, 0.5) is 17.1 Å². The van der Waals surface area contributed by atoms with Gasteiger partial charge in [-0.05, 0) is 90.6 Å². The Hall–Kier alpha value is -5.96. The van der Waals surface area contributed by atoms with E-state index in [0.717, 1.165) is 17.1 Å². The van der Waals surface area contributed by atoms with Crippen LogP contribution < -0.4 is 4.90 Å². The van der Waals surface area contributed by atoms with Crippen molar-refractivity contribution in [3.63, 3.8) is 0 Å². The second-order valence-corrected chi connectivity index (χ2v) is 13.6. The van der Waals surface area contributed by atoms with Gasteiger partial charge in [-0.15, -0.1) is 11.3 Å². The summed E-state index contributed by atoms with van der Waals surface area (Å²) < 4.78 is 2.65. The minimum absolute atomic E-state index is 1.13. The number of nitrogens with zero attached hydrogens (tertiary/aromatic N) is 1. The molecule has 0 N–H and O–H groups in total. The fourth-order valence-corrected chi connectivity index (χ4v) is 8.75. The molecule has 48 heavy (non-hydrogen) atoms. The molecular weight excluding hydrogens is 599 g/mol. The standard InChI is InChI=1S/C46H29NS/c1-2-8-30(9-3-1)31-18-21-36(22-19-31)47(38-24-27-42-43-25-20-33-11-5-7-13-41(33)46(43)48-44(42)29-38)37-23-26-40-35(28-37)17-16-34-15-14-32-10-4-6-12-39(32)45(34)40/h1-29H. The third kappa shape index (κ3) is 4.31. The van der Waals surface area contributed by atoms with Crippen LogP contribution in [0.1, 0.15) is 0 Å². The highest BCUT2D eigenvalue weighted by molar-refractivity contribution is 7.26. The van der Waals surface area contributed by atoms with E-state index in [1.165, 1.54) is 74.4 Å². The summed E-state index contributed by atoms with van der Waals surface area (Å²) in [6.45, 7) is 0. The zero-order valence-corrected chi connectivity index (χ0v) is 26.9. The van der Waals surface area contributed by atoms with E-state index in [9.17, 15) is 0 Å². The SMILES string of the molecule is c1ccc(-c2ccc(N(c3ccc4c(ccc5ccc6ccccc6c54)c3)c3ccc4c(c3)sc3c5ccccc5ccc43)cc2)cc1. The highest BCUT2D eigenvalue weighted by Gasteiger charge is 2.17. The fraction of sp³-hybridized carbons (Fsp3) is 0. The minimum Gasteiger partial charge on any atom is -0.310 e. The zero-order valence-electron chi connectivity index (χ0n) is 26.1. The van der Waals surface area contributed by atoms with Crippen LogP contribution in [-0.4, -0.2) is 0 Å². The first-order valence-corrected chi connectivity index (χ1v) is 17.2. The van der Waals surface area contributed by atoms with E-state index in [1.807, 2.05) is 11.3 Å². The molecule has 0 unspecified atom stereocenters. The third-order valence-corrected chi connectivity index (χ3v) is 11.0. The molecule has 0 radical (unpaired) electrons. The molecular formula is C46H29NS. The second-order valence-electron chi connectivity index (χ2n) is 12.6. The molecule has 0 saturated heterocycles. The molecule has 1 heterocycles. The number of hydrogen-bond donors (Lipinski definition) is 0. The Morgan fingerprint density at radius 3 is 1.69 bits per heavy atom. The van der Waals surface area contributed by atoms with Crippen LogP contribution in [0.2, 0.25) is 0 Å². The van der Waals surface area contributed by atoms with Crippen molar-refractivity contribution in [2.75, 3.05) is 4.90 Å². The number of benzene rings is 9.